The lowest BCUT2D eigenvalue weighted by Gasteiger charge is -2.16. The predicted octanol–water partition coefficient (Wildman–Crippen LogP) is 0.633. The summed E-state index contributed by atoms with van der Waals surface area (Å²) in [6, 6.07) is 1.18. The van der Waals surface area contributed by atoms with Crippen LogP contribution >= 0.6 is 0 Å². The third-order valence-electron chi connectivity index (χ3n) is 3.43. The molecule has 0 aliphatic carbocycles. The highest BCUT2D eigenvalue weighted by Crippen LogP contribution is 2.17. The van der Waals surface area contributed by atoms with Crippen LogP contribution in [-0.2, 0) is 4.79 Å². The lowest BCUT2D eigenvalue weighted by atomic mass is 10.1. The fraction of sp³-hybridized carbons (Fsp3) is 0.385. The highest BCUT2D eigenvalue weighted by Gasteiger charge is 2.23. The maximum absolute atomic E-state index is 12.4. The van der Waals surface area contributed by atoms with E-state index < -0.39 is 6.04 Å². The first kappa shape index (κ1) is 11.8. The van der Waals surface area contributed by atoms with Crippen molar-refractivity contribution in [2.45, 2.75) is 25.3 Å². The molecule has 6 heteroatoms. The van der Waals surface area contributed by atoms with Crippen molar-refractivity contribution >= 4 is 16.8 Å². The van der Waals surface area contributed by atoms with Crippen LogP contribution in [-0.4, -0.2) is 27.0 Å². The molecule has 1 aliphatic heterocycles. The Bertz CT molecular complexity index is 680. The van der Waals surface area contributed by atoms with Crippen LogP contribution in [0.5, 0.6) is 0 Å². The zero-order valence-corrected chi connectivity index (χ0v) is 10.4. The molecule has 0 aromatic carbocycles. The molecule has 6 nitrogen and oxygen atoms in total. The molecule has 19 heavy (non-hydrogen) atoms. The van der Waals surface area contributed by atoms with Crippen molar-refractivity contribution in [3.63, 3.8) is 0 Å². The Labute approximate surface area is 109 Å². The molecule has 3 heterocycles. The molecule has 1 saturated heterocycles. The van der Waals surface area contributed by atoms with Crippen molar-refractivity contribution in [1.82, 2.24) is 19.9 Å². The van der Waals surface area contributed by atoms with E-state index in [1.807, 2.05) is 0 Å². The van der Waals surface area contributed by atoms with Crippen LogP contribution in [0.3, 0.4) is 0 Å². The van der Waals surface area contributed by atoms with Crippen molar-refractivity contribution in [1.29, 1.82) is 0 Å². The molecule has 98 valence electrons. The van der Waals surface area contributed by atoms with Gasteiger partial charge in [0, 0.05) is 12.7 Å². The molecule has 0 radical (unpaired) electrons. The van der Waals surface area contributed by atoms with E-state index in [0.29, 0.717) is 23.9 Å². The second-order valence-electron chi connectivity index (χ2n) is 4.65. The fourth-order valence-corrected chi connectivity index (χ4v) is 2.40. The van der Waals surface area contributed by atoms with Gasteiger partial charge >= 0.3 is 0 Å². The minimum Gasteiger partial charge on any atom is -0.354 e. The van der Waals surface area contributed by atoms with E-state index in [4.69, 9.17) is 0 Å². The maximum Gasteiger partial charge on any atom is 0.262 e. The van der Waals surface area contributed by atoms with Crippen LogP contribution in [0.4, 0.5) is 0 Å². The minimum absolute atomic E-state index is 0.102. The summed E-state index contributed by atoms with van der Waals surface area (Å²) in [4.78, 5) is 32.5. The lowest BCUT2D eigenvalue weighted by molar-refractivity contribution is -0.124. The molecular weight excluding hydrogens is 244 g/mol. The summed E-state index contributed by atoms with van der Waals surface area (Å²) >= 11 is 0. The smallest absolute Gasteiger partial charge is 0.262 e. The van der Waals surface area contributed by atoms with Crippen LogP contribution in [0.15, 0.2) is 29.6 Å². The number of nitrogens with zero attached hydrogens (tertiary/aromatic N) is 3. The largest absolute Gasteiger partial charge is 0.354 e. The Morgan fingerprint density at radius 3 is 3.11 bits per heavy atom. The quantitative estimate of drug-likeness (QED) is 0.814. The predicted molar refractivity (Wildman–Crippen MR) is 69.7 cm³/mol. The summed E-state index contributed by atoms with van der Waals surface area (Å²) in [5.41, 5.74) is 0.368. The SMILES string of the molecule is O=C1NCCCC[C@H]1n1cnc2cnccc2c1=O. The van der Waals surface area contributed by atoms with Crippen LogP contribution < -0.4 is 10.9 Å². The lowest BCUT2D eigenvalue weighted by Crippen LogP contribution is -2.36. The van der Waals surface area contributed by atoms with Crippen molar-refractivity contribution in [3.05, 3.63) is 35.1 Å². The van der Waals surface area contributed by atoms with Crippen molar-refractivity contribution in [2.24, 2.45) is 0 Å². The Morgan fingerprint density at radius 2 is 2.21 bits per heavy atom. The number of aromatic nitrogens is 3. The molecule has 2 aromatic rings. The van der Waals surface area contributed by atoms with E-state index in [9.17, 15) is 9.59 Å². The zero-order valence-electron chi connectivity index (χ0n) is 10.4. The third kappa shape index (κ3) is 2.09. The monoisotopic (exact) mass is 258 g/mol. The first-order valence-electron chi connectivity index (χ1n) is 6.36. The number of carbonyl (C=O) groups is 1. The number of nitrogens with one attached hydrogen (secondary N) is 1. The topological polar surface area (TPSA) is 76.9 Å². The molecule has 1 fully saturated rings. The van der Waals surface area contributed by atoms with Gasteiger partial charge in [0.1, 0.15) is 6.04 Å². The average Bonchev–Trinajstić information content (AvgIpc) is 2.65. The maximum atomic E-state index is 12.4. The number of hydrogen-bond donors (Lipinski definition) is 1. The molecule has 0 saturated carbocycles. The second-order valence-corrected chi connectivity index (χ2v) is 4.65. The van der Waals surface area contributed by atoms with Gasteiger partial charge in [-0.15, -0.1) is 0 Å². The normalized spacial score (nSPS) is 20.0. The number of rotatable bonds is 1. The molecule has 0 bridgehead atoms. The number of amides is 1. The highest BCUT2D eigenvalue weighted by molar-refractivity contribution is 5.81. The summed E-state index contributed by atoms with van der Waals surface area (Å²) in [6.45, 7) is 0.676. The Morgan fingerprint density at radius 1 is 1.32 bits per heavy atom. The highest BCUT2D eigenvalue weighted by atomic mass is 16.2. The number of hydrogen-bond acceptors (Lipinski definition) is 4. The zero-order chi connectivity index (χ0) is 13.2. The van der Waals surface area contributed by atoms with E-state index in [-0.39, 0.29) is 11.5 Å². The molecule has 1 aliphatic rings. The average molecular weight is 258 g/mol. The summed E-state index contributed by atoms with van der Waals surface area (Å²) < 4.78 is 1.43. The number of pyridine rings is 1. The number of fused-ring (bicyclic) bond motifs is 1. The van der Waals surface area contributed by atoms with Gasteiger partial charge in [-0.2, -0.15) is 0 Å². The molecule has 2 aromatic heterocycles. The van der Waals surface area contributed by atoms with Gasteiger partial charge in [0.05, 0.1) is 23.4 Å². The van der Waals surface area contributed by atoms with Gasteiger partial charge in [-0.3, -0.25) is 19.1 Å². The molecule has 3 rings (SSSR count). The summed E-state index contributed by atoms with van der Waals surface area (Å²) in [5, 5.41) is 3.32. The molecule has 1 N–H and O–H groups in total. The second kappa shape index (κ2) is 4.79. The van der Waals surface area contributed by atoms with Gasteiger partial charge in [-0.1, -0.05) is 0 Å². The van der Waals surface area contributed by atoms with Gasteiger partial charge in [-0.05, 0) is 25.3 Å². The van der Waals surface area contributed by atoms with Crippen LogP contribution in [0.1, 0.15) is 25.3 Å². The Hall–Kier alpha value is -2.24. The van der Waals surface area contributed by atoms with Crippen molar-refractivity contribution in [2.75, 3.05) is 6.54 Å². The van der Waals surface area contributed by atoms with Crippen molar-refractivity contribution < 1.29 is 4.79 Å². The molecular formula is C13H14N4O2. The van der Waals surface area contributed by atoms with Crippen molar-refractivity contribution in [3.8, 4) is 0 Å². The summed E-state index contributed by atoms with van der Waals surface area (Å²) in [7, 11) is 0. The van der Waals surface area contributed by atoms with E-state index in [1.54, 1.807) is 18.5 Å². The Kier molecular flexibility index (Phi) is 2.98. The molecule has 0 unspecified atom stereocenters. The number of carbonyl (C=O) groups excluding carboxylic acids is 1. The fourth-order valence-electron chi connectivity index (χ4n) is 2.40. The van der Waals surface area contributed by atoms with E-state index in [2.05, 4.69) is 15.3 Å². The van der Waals surface area contributed by atoms with E-state index in [0.717, 1.165) is 12.8 Å². The van der Waals surface area contributed by atoms with Gasteiger partial charge < -0.3 is 5.32 Å². The minimum atomic E-state index is -0.458. The Balaban J connectivity index is 2.12. The summed E-state index contributed by atoms with van der Waals surface area (Å²) in [6.07, 6.45) is 7.09. The van der Waals surface area contributed by atoms with E-state index in [1.165, 1.54) is 10.9 Å². The standard InChI is InChI=1S/C13H14N4O2/c18-12-11(3-1-2-5-15-12)17-8-16-10-7-14-6-4-9(10)13(17)19/h4,6-8,11H,1-3,5H2,(H,15,18)/t11-/m1/s1. The third-order valence-corrected chi connectivity index (χ3v) is 3.43. The first-order chi connectivity index (χ1) is 9.27. The van der Waals surface area contributed by atoms with Crippen LogP contribution in [0.2, 0.25) is 0 Å². The molecule has 1 atom stereocenters. The van der Waals surface area contributed by atoms with Crippen LogP contribution in [0, 0.1) is 0 Å². The summed E-state index contributed by atoms with van der Waals surface area (Å²) in [5.74, 6) is -0.102. The van der Waals surface area contributed by atoms with Gasteiger partial charge in [0.15, 0.2) is 0 Å². The van der Waals surface area contributed by atoms with Gasteiger partial charge in [0.2, 0.25) is 5.91 Å². The van der Waals surface area contributed by atoms with Crippen LogP contribution in [0.25, 0.3) is 10.9 Å². The van der Waals surface area contributed by atoms with Gasteiger partial charge in [-0.25, -0.2) is 4.98 Å². The first-order valence-corrected chi connectivity index (χ1v) is 6.36. The van der Waals surface area contributed by atoms with Gasteiger partial charge in [0.25, 0.3) is 5.56 Å². The van der Waals surface area contributed by atoms with E-state index >= 15 is 0 Å². The molecule has 0 spiro atoms. The molecule has 1 amide bonds.